The molecule has 7 nitrogen and oxygen atoms in total. The average Bonchev–Trinajstić information content (AvgIpc) is 3.15. The number of para-hydroxylation sites is 1. The Morgan fingerprint density at radius 2 is 1.72 bits per heavy atom. The summed E-state index contributed by atoms with van der Waals surface area (Å²) in [4.78, 5) is 12.9. The molecular weight excluding hydrogens is 428 g/mol. The molecule has 0 aliphatic carbocycles. The van der Waals surface area contributed by atoms with Crippen LogP contribution in [-0.4, -0.2) is 34.6 Å². The zero-order valence-corrected chi connectivity index (χ0v) is 18.8. The molecule has 0 fully saturated rings. The molecule has 1 atom stereocenters. The van der Waals surface area contributed by atoms with E-state index in [2.05, 4.69) is 5.32 Å². The fourth-order valence-corrected chi connectivity index (χ4v) is 5.67. The van der Waals surface area contributed by atoms with Crippen LogP contribution < -0.4 is 19.1 Å². The van der Waals surface area contributed by atoms with Gasteiger partial charge in [0.05, 0.1) is 24.8 Å². The Balaban J connectivity index is 1.62. The van der Waals surface area contributed by atoms with E-state index in [9.17, 15) is 13.2 Å². The summed E-state index contributed by atoms with van der Waals surface area (Å²) in [5, 5.41) is 2.77. The van der Waals surface area contributed by atoms with Gasteiger partial charge in [-0.1, -0.05) is 24.3 Å². The first-order valence-electron chi connectivity index (χ1n) is 10.1. The minimum absolute atomic E-state index is 0.0704. The molecule has 166 valence electrons. The lowest BCUT2D eigenvalue weighted by molar-refractivity contribution is 0.102. The molecule has 3 aromatic carbocycles. The van der Waals surface area contributed by atoms with Gasteiger partial charge < -0.3 is 14.8 Å². The van der Waals surface area contributed by atoms with E-state index in [1.165, 1.54) is 30.7 Å². The zero-order valence-electron chi connectivity index (χ0n) is 18.0. The van der Waals surface area contributed by atoms with Crippen LogP contribution in [0.5, 0.6) is 11.5 Å². The van der Waals surface area contributed by atoms with Crippen molar-refractivity contribution in [1.82, 2.24) is 0 Å². The highest BCUT2D eigenvalue weighted by Crippen LogP contribution is 2.36. The number of carbonyl (C=O) groups excluding carboxylic acids is 1. The number of nitrogens with one attached hydrogen (secondary N) is 1. The molecular formula is C24H24N2O5S. The van der Waals surface area contributed by atoms with E-state index >= 15 is 0 Å². The van der Waals surface area contributed by atoms with Crippen LogP contribution in [0.2, 0.25) is 0 Å². The lowest BCUT2D eigenvalue weighted by Crippen LogP contribution is -2.35. The third-order valence-corrected chi connectivity index (χ3v) is 7.36. The summed E-state index contributed by atoms with van der Waals surface area (Å²) in [6.07, 6.45) is 0.648. The molecule has 0 saturated carbocycles. The smallest absolute Gasteiger partial charge is 0.264 e. The Kier molecular flexibility index (Phi) is 5.80. The molecule has 0 radical (unpaired) electrons. The van der Waals surface area contributed by atoms with Gasteiger partial charge in [0.1, 0.15) is 0 Å². The van der Waals surface area contributed by atoms with E-state index in [1.807, 2.05) is 31.2 Å². The number of sulfonamides is 1. The van der Waals surface area contributed by atoms with Crippen molar-refractivity contribution in [2.75, 3.05) is 23.8 Å². The van der Waals surface area contributed by atoms with E-state index in [0.29, 0.717) is 29.3 Å². The summed E-state index contributed by atoms with van der Waals surface area (Å²) in [7, 11) is -0.794. The van der Waals surface area contributed by atoms with Crippen LogP contribution in [0.25, 0.3) is 0 Å². The minimum Gasteiger partial charge on any atom is -0.493 e. The third-order valence-electron chi connectivity index (χ3n) is 5.44. The first-order valence-corrected chi connectivity index (χ1v) is 11.5. The Labute approximate surface area is 187 Å². The summed E-state index contributed by atoms with van der Waals surface area (Å²) in [5.41, 5.74) is 2.41. The second-order valence-electron chi connectivity index (χ2n) is 7.53. The van der Waals surface area contributed by atoms with E-state index in [0.717, 1.165) is 5.56 Å². The highest BCUT2D eigenvalue weighted by Gasteiger charge is 2.36. The fraction of sp³-hybridized carbons (Fsp3) is 0.208. The van der Waals surface area contributed by atoms with Gasteiger partial charge in [0.25, 0.3) is 15.9 Å². The Morgan fingerprint density at radius 1 is 0.969 bits per heavy atom. The van der Waals surface area contributed by atoms with Crippen molar-refractivity contribution in [1.29, 1.82) is 0 Å². The van der Waals surface area contributed by atoms with Crippen LogP contribution in [0.3, 0.4) is 0 Å². The molecule has 8 heteroatoms. The van der Waals surface area contributed by atoms with E-state index in [-0.39, 0.29) is 16.5 Å². The largest absolute Gasteiger partial charge is 0.493 e. The van der Waals surface area contributed by atoms with Crippen molar-refractivity contribution in [2.45, 2.75) is 24.3 Å². The Morgan fingerprint density at radius 3 is 2.47 bits per heavy atom. The molecule has 1 aliphatic heterocycles. The second kappa shape index (κ2) is 8.55. The topological polar surface area (TPSA) is 84.9 Å². The average molecular weight is 453 g/mol. The van der Waals surface area contributed by atoms with Gasteiger partial charge in [-0.05, 0) is 55.3 Å². The van der Waals surface area contributed by atoms with Crippen molar-refractivity contribution in [2.24, 2.45) is 0 Å². The van der Waals surface area contributed by atoms with Crippen molar-refractivity contribution >= 4 is 27.3 Å². The number of hydrogen-bond acceptors (Lipinski definition) is 5. The summed E-state index contributed by atoms with van der Waals surface area (Å²) >= 11 is 0. The van der Waals surface area contributed by atoms with Gasteiger partial charge in [0, 0.05) is 23.4 Å². The second-order valence-corrected chi connectivity index (χ2v) is 9.35. The highest BCUT2D eigenvalue weighted by atomic mass is 32.2. The normalized spacial score (nSPS) is 15.2. The molecule has 32 heavy (non-hydrogen) atoms. The van der Waals surface area contributed by atoms with E-state index in [1.54, 1.807) is 30.3 Å². The third kappa shape index (κ3) is 3.89. The predicted octanol–water partition coefficient (Wildman–Crippen LogP) is 4.10. The van der Waals surface area contributed by atoms with Gasteiger partial charge in [-0.3, -0.25) is 9.10 Å². The van der Waals surface area contributed by atoms with Crippen LogP contribution in [0.4, 0.5) is 11.4 Å². The van der Waals surface area contributed by atoms with E-state index in [4.69, 9.17) is 9.47 Å². The van der Waals surface area contributed by atoms with Crippen LogP contribution >= 0.6 is 0 Å². The summed E-state index contributed by atoms with van der Waals surface area (Å²) < 4.78 is 38.8. The summed E-state index contributed by atoms with van der Waals surface area (Å²) in [6, 6.07) is 18.3. The number of carbonyl (C=O) groups is 1. The van der Waals surface area contributed by atoms with Crippen molar-refractivity contribution < 1.29 is 22.7 Å². The number of fused-ring (bicyclic) bond motifs is 1. The minimum atomic E-state index is -3.83. The molecule has 1 amide bonds. The van der Waals surface area contributed by atoms with Gasteiger partial charge in [-0.2, -0.15) is 0 Å². The molecule has 0 aromatic heterocycles. The maximum absolute atomic E-state index is 13.5. The number of nitrogens with zero attached hydrogens (tertiary/aromatic N) is 1. The van der Waals surface area contributed by atoms with Crippen LogP contribution in [-0.2, 0) is 16.4 Å². The number of benzene rings is 3. The molecule has 3 aromatic rings. The van der Waals surface area contributed by atoms with Crippen LogP contribution in [0.15, 0.2) is 71.6 Å². The number of ether oxygens (including phenoxy) is 2. The molecule has 1 N–H and O–H groups in total. The summed E-state index contributed by atoms with van der Waals surface area (Å²) in [6.45, 7) is 1.88. The van der Waals surface area contributed by atoms with Crippen LogP contribution in [0, 0.1) is 0 Å². The molecule has 1 aliphatic rings. The predicted molar refractivity (Wildman–Crippen MR) is 123 cm³/mol. The van der Waals surface area contributed by atoms with Crippen molar-refractivity contribution in [3.05, 3.63) is 77.9 Å². The summed E-state index contributed by atoms with van der Waals surface area (Å²) in [5.74, 6) is 0.589. The van der Waals surface area contributed by atoms with Crippen molar-refractivity contribution in [3.8, 4) is 11.5 Å². The lowest BCUT2D eigenvalue weighted by atomic mass is 10.1. The van der Waals surface area contributed by atoms with Gasteiger partial charge >= 0.3 is 0 Å². The van der Waals surface area contributed by atoms with E-state index < -0.39 is 15.9 Å². The monoisotopic (exact) mass is 452 g/mol. The van der Waals surface area contributed by atoms with Crippen molar-refractivity contribution in [3.63, 3.8) is 0 Å². The molecule has 0 bridgehead atoms. The van der Waals surface area contributed by atoms with Gasteiger partial charge in [0.15, 0.2) is 11.5 Å². The Hall–Kier alpha value is -3.52. The van der Waals surface area contributed by atoms with Gasteiger partial charge in [-0.25, -0.2) is 8.42 Å². The zero-order chi connectivity index (χ0) is 22.9. The SMILES string of the molecule is COc1ccc(NC(=O)c2cccc(S(=O)(=O)N3c4ccccc4C[C@H]3C)c2)cc1OC. The number of hydrogen-bond donors (Lipinski definition) is 1. The van der Waals surface area contributed by atoms with Gasteiger partial charge in [0.2, 0.25) is 0 Å². The fourth-order valence-electron chi connectivity index (χ4n) is 3.93. The first-order chi connectivity index (χ1) is 15.3. The number of anilines is 2. The van der Waals surface area contributed by atoms with Gasteiger partial charge in [-0.15, -0.1) is 0 Å². The standard InChI is InChI=1S/C24H24N2O5S/c1-16-13-17-7-4-5-10-21(17)26(16)32(28,29)20-9-6-8-18(14-20)24(27)25-19-11-12-22(30-2)23(15-19)31-3/h4-12,14-16H,13H2,1-3H3,(H,25,27)/t16-/m1/s1. The number of rotatable bonds is 6. The maximum atomic E-state index is 13.5. The van der Waals surface area contributed by atoms with Crippen LogP contribution in [0.1, 0.15) is 22.8 Å². The lowest BCUT2D eigenvalue weighted by Gasteiger charge is -2.24. The molecule has 1 heterocycles. The maximum Gasteiger partial charge on any atom is 0.264 e. The molecule has 0 unspecified atom stereocenters. The molecule has 4 rings (SSSR count). The number of amides is 1. The Bertz CT molecular complexity index is 1270. The first kappa shape index (κ1) is 21.7. The molecule has 0 saturated heterocycles. The highest BCUT2D eigenvalue weighted by molar-refractivity contribution is 7.92. The number of methoxy groups -OCH3 is 2. The molecule has 0 spiro atoms. The quantitative estimate of drug-likeness (QED) is 0.609.